The topological polar surface area (TPSA) is 66.4 Å². The third kappa shape index (κ3) is 7.82. The molecule has 4 rings (SSSR count). The summed E-state index contributed by atoms with van der Waals surface area (Å²) in [5, 5.41) is 11.3. The van der Waals surface area contributed by atoms with Crippen LogP contribution in [0.2, 0.25) is 0 Å². The molecule has 4 aromatic rings. The van der Waals surface area contributed by atoms with E-state index in [-0.39, 0.29) is 24.4 Å². The number of halogens is 6. The van der Waals surface area contributed by atoms with Crippen LogP contribution in [0.15, 0.2) is 91.0 Å². The van der Waals surface area contributed by atoms with Crippen molar-refractivity contribution in [2.45, 2.75) is 38.0 Å². The number of benzene rings is 4. The number of hydrogen-bond donors (Lipinski definition) is 2. The van der Waals surface area contributed by atoms with Crippen molar-refractivity contribution in [1.29, 1.82) is 0 Å². The van der Waals surface area contributed by atoms with E-state index < -0.39 is 35.4 Å². The number of carboxylic acids is 1. The summed E-state index contributed by atoms with van der Waals surface area (Å²) in [4.78, 5) is 23.0. The highest BCUT2D eigenvalue weighted by Gasteiger charge is 2.34. The molecule has 0 radical (unpaired) electrons. The van der Waals surface area contributed by atoms with E-state index in [2.05, 4.69) is 5.32 Å². The maximum Gasteiger partial charge on any atom is 0.417 e. The lowest BCUT2D eigenvalue weighted by Crippen LogP contribution is -2.25. The van der Waals surface area contributed by atoms with Crippen LogP contribution in [-0.4, -0.2) is 23.5 Å². The van der Waals surface area contributed by atoms with Gasteiger partial charge in [0, 0.05) is 12.1 Å². The molecule has 4 nitrogen and oxygen atoms in total. The first-order chi connectivity index (χ1) is 20.2. The Morgan fingerprint density at radius 3 is 2.00 bits per heavy atom. The fraction of sp³-hybridized carbons (Fsp3) is 0.212. The maximum absolute atomic E-state index is 13.9. The fourth-order valence-electron chi connectivity index (χ4n) is 4.82. The molecule has 0 fully saturated rings. The van der Waals surface area contributed by atoms with Crippen molar-refractivity contribution in [1.82, 2.24) is 5.32 Å². The van der Waals surface area contributed by atoms with E-state index in [1.807, 2.05) is 6.92 Å². The van der Waals surface area contributed by atoms with Crippen molar-refractivity contribution < 1.29 is 41.0 Å². The molecule has 0 aromatic heterocycles. The molecule has 0 spiro atoms. The van der Waals surface area contributed by atoms with Crippen molar-refractivity contribution in [3.05, 3.63) is 119 Å². The molecule has 1 atom stereocenters. The molecule has 10 heteroatoms. The van der Waals surface area contributed by atoms with E-state index in [1.54, 1.807) is 42.5 Å². The summed E-state index contributed by atoms with van der Waals surface area (Å²) in [5.74, 6) is -1.69. The second kappa shape index (κ2) is 12.7. The molecule has 1 amide bonds. The van der Waals surface area contributed by atoms with Crippen LogP contribution in [0.25, 0.3) is 22.3 Å². The Morgan fingerprint density at radius 1 is 0.767 bits per heavy atom. The first-order valence-electron chi connectivity index (χ1n) is 13.3. The Bertz CT molecular complexity index is 1590. The average molecular weight is 600 g/mol. The maximum atomic E-state index is 13.9. The van der Waals surface area contributed by atoms with Gasteiger partial charge < -0.3 is 10.4 Å². The predicted octanol–water partition coefficient (Wildman–Crippen LogP) is 8.61. The Morgan fingerprint density at radius 2 is 1.40 bits per heavy atom. The minimum Gasteiger partial charge on any atom is -0.481 e. The van der Waals surface area contributed by atoms with Crippen LogP contribution in [-0.2, 0) is 23.6 Å². The number of nitrogens with one attached hydrogen (secondary N) is 1. The van der Waals surface area contributed by atoms with Crippen LogP contribution in [0.5, 0.6) is 0 Å². The van der Waals surface area contributed by atoms with Gasteiger partial charge in [0.25, 0.3) is 5.91 Å². The quantitative estimate of drug-likeness (QED) is 0.189. The molecule has 0 saturated heterocycles. The molecule has 0 aliphatic carbocycles. The van der Waals surface area contributed by atoms with Gasteiger partial charge in [0.2, 0.25) is 0 Å². The minimum atomic E-state index is -4.60. The third-order valence-electron chi connectivity index (χ3n) is 7.07. The van der Waals surface area contributed by atoms with Gasteiger partial charge in [-0.3, -0.25) is 9.59 Å². The molecular formula is C33H27F6NO3. The molecule has 224 valence electrons. The molecule has 4 aromatic carbocycles. The number of rotatable bonds is 9. The lowest BCUT2D eigenvalue weighted by molar-refractivity contribution is -0.138. The van der Waals surface area contributed by atoms with Gasteiger partial charge in [-0.15, -0.1) is 0 Å². The predicted molar refractivity (Wildman–Crippen MR) is 150 cm³/mol. The lowest BCUT2D eigenvalue weighted by Gasteiger charge is -2.20. The second-order valence-corrected chi connectivity index (χ2v) is 10.1. The van der Waals surface area contributed by atoms with Crippen molar-refractivity contribution >= 4 is 11.9 Å². The zero-order chi connectivity index (χ0) is 31.4. The standard InChI is InChI=1S/C33H27F6NO3/c1-20(21-6-8-23(9-7-21)31(43)40-17-16-30(41)42)18-25-19-24(22-10-13-26(14-11-22)32(34,35)36)12-15-27(25)28-4-2-3-5-29(28)33(37,38)39/h2-15,19-20H,16-18H2,1H3,(H,40,43)(H,41,42). The zero-order valence-corrected chi connectivity index (χ0v) is 22.9. The van der Waals surface area contributed by atoms with E-state index in [1.165, 1.54) is 30.3 Å². The van der Waals surface area contributed by atoms with Gasteiger partial charge in [-0.2, -0.15) is 26.3 Å². The SMILES string of the molecule is CC(Cc1cc(-c2ccc(C(F)(F)F)cc2)ccc1-c1ccccc1C(F)(F)F)c1ccc(C(=O)NCCC(=O)O)cc1. The Labute approximate surface area is 244 Å². The van der Waals surface area contributed by atoms with Gasteiger partial charge in [0.05, 0.1) is 17.5 Å². The van der Waals surface area contributed by atoms with Gasteiger partial charge in [-0.1, -0.05) is 67.6 Å². The number of carbonyl (C=O) groups excluding carboxylic acids is 1. The zero-order valence-electron chi connectivity index (χ0n) is 22.9. The summed E-state index contributed by atoms with van der Waals surface area (Å²) in [6.45, 7) is 1.86. The van der Waals surface area contributed by atoms with Gasteiger partial charge in [0.1, 0.15) is 0 Å². The van der Waals surface area contributed by atoms with Crippen LogP contribution in [0.1, 0.15) is 51.9 Å². The van der Waals surface area contributed by atoms with Crippen molar-refractivity contribution in [2.75, 3.05) is 6.54 Å². The molecule has 0 aliphatic heterocycles. The lowest BCUT2D eigenvalue weighted by atomic mass is 9.86. The molecular weight excluding hydrogens is 572 g/mol. The number of hydrogen-bond acceptors (Lipinski definition) is 2. The average Bonchev–Trinajstić information content (AvgIpc) is 2.96. The largest absolute Gasteiger partial charge is 0.481 e. The molecule has 1 unspecified atom stereocenters. The summed E-state index contributed by atoms with van der Waals surface area (Å²) in [7, 11) is 0. The number of carboxylic acid groups (broad SMARTS) is 1. The van der Waals surface area contributed by atoms with Gasteiger partial charge >= 0.3 is 18.3 Å². The van der Waals surface area contributed by atoms with Crippen molar-refractivity contribution in [3.63, 3.8) is 0 Å². The second-order valence-electron chi connectivity index (χ2n) is 10.1. The van der Waals surface area contributed by atoms with E-state index in [0.717, 1.165) is 23.8 Å². The van der Waals surface area contributed by atoms with Gasteiger partial charge in [0.15, 0.2) is 0 Å². The van der Waals surface area contributed by atoms with E-state index in [9.17, 15) is 35.9 Å². The summed E-state index contributed by atoms with van der Waals surface area (Å²) >= 11 is 0. The highest BCUT2D eigenvalue weighted by atomic mass is 19.4. The van der Waals surface area contributed by atoms with Gasteiger partial charge in [-0.25, -0.2) is 0 Å². The van der Waals surface area contributed by atoms with Crippen molar-refractivity contribution in [2.24, 2.45) is 0 Å². The smallest absolute Gasteiger partial charge is 0.417 e. The Balaban J connectivity index is 1.68. The summed E-state index contributed by atoms with van der Waals surface area (Å²) in [6, 6.07) is 21.3. The highest BCUT2D eigenvalue weighted by molar-refractivity contribution is 5.94. The monoisotopic (exact) mass is 599 g/mol. The summed E-state index contributed by atoms with van der Waals surface area (Å²) < 4.78 is 81.1. The van der Waals surface area contributed by atoms with Crippen LogP contribution in [0.3, 0.4) is 0 Å². The van der Waals surface area contributed by atoms with Crippen molar-refractivity contribution in [3.8, 4) is 22.3 Å². The fourth-order valence-corrected chi connectivity index (χ4v) is 4.82. The van der Waals surface area contributed by atoms with Crippen LogP contribution in [0.4, 0.5) is 26.3 Å². The third-order valence-corrected chi connectivity index (χ3v) is 7.07. The van der Waals surface area contributed by atoms with Crippen LogP contribution in [0, 0.1) is 0 Å². The van der Waals surface area contributed by atoms with E-state index in [4.69, 9.17) is 5.11 Å². The normalized spacial score (nSPS) is 12.5. The number of aliphatic carboxylic acids is 1. The minimum absolute atomic E-state index is 0.00968. The number of carbonyl (C=O) groups is 2. The number of alkyl halides is 6. The molecule has 0 heterocycles. The molecule has 2 N–H and O–H groups in total. The molecule has 0 bridgehead atoms. The van der Waals surface area contributed by atoms with E-state index >= 15 is 0 Å². The summed E-state index contributed by atoms with van der Waals surface area (Å²) in [5.41, 5.74) is 1.46. The molecule has 0 saturated carbocycles. The highest BCUT2D eigenvalue weighted by Crippen LogP contribution is 2.40. The Kier molecular flexibility index (Phi) is 9.27. The van der Waals surface area contributed by atoms with Crippen LogP contribution < -0.4 is 5.32 Å². The summed E-state index contributed by atoms with van der Waals surface area (Å²) in [6.07, 6.45) is -9.03. The molecule has 0 aliphatic rings. The van der Waals surface area contributed by atoms with Crippen LogP contribution >= 0.6 is 0 Å². The first-order valence-corrected chi connectivity index (χ1v) is 13.3. The molecule has 43 heavy (non-hydrogen) atoms. The first kappa shape index (κ1) is 31.3. The van der Waals surface area contributed by atoms with Gasteiger partial charge in [-0.05, 0) is 76.1 Å². The number of amides is 1. The Hall–Kier alpha value is -4.60. The van der Waals surface area contributed by atoms with E-state index in [0.29, 0.717) is 34.2 Å².